The minimum absolute atomic E-state index is 0.328. The molecule has 2 aromatic rings. The summed E-state index contributed by atoms with van der Waals surface area (Å²) < 4.78 is 10.7. The summed E-state index contributed by atoms with van der Waals surface area (Å²) in [6, 6.07) is 12.1. The van der Waals surface area contributed by atoms with Crippen LogP contribution in [0.15, 0.2) is 42.5 Å². The molecule has 0 spiro atoms. The van der Waals surface area contributed by atoms with Gasteiger partial charge in [-0.1, -0.05) is 29.8 Å². The molecule has 4 nitrogen and oxygen atoms in total. The molecule has 2 aromatic carbocycles. The van der Waals surface area contributed by atoms with Crippen LogP contribution in [0, 0.1) is 0 Å². The van der Waals surface area contributed by atoms with E-state index in [0.29, 0.717) is 22.8 Å². The molecule has 20 heavy (non-hydrogen) atoms. The highest BCUT2D eigenvalue weighted by atomic mass is 35.5. The van der Waals surface area contributed by atoms with Crippen LogP contribution in [0.1, 0.15) is 5.56 Å². The van der Waals surface area contributed by atoms with E-state index in [0.717, 1.165) is 11.3 Å². The number of ether oxygens (including phenoxy) is 2. The highest BCUT2D eigenvalue weighted by molar-refractivity contribution is 6.58. The second kappa shape index (κ2) is 6.66. The average molecular weight is 293 g/mol. The maximum absolute atomic E-state index is 9.12. The summed E-state index contributed by atoms with van der Waals surface area (Å²) in [5.74, 6) is 1.19. The van der Waals surface area contributed by atoms with Crippen molar-refractivity contribution in [3.05, 3.63) is 53.1 Å². The number of benzene rings is 2. The highest BCUT2D eigenvalue weighted by Crippen LogP contribution is 2.24. The zero-order chi connectivity index (χ0) is 14.5. The molecule has 0 aliphatic rings. The lowest BCUT2D eigenvalue weighted by atomic mass is 9.80. The predicted molar refractivity (Wildman–Crippen MR) is 78.6 cm³/mol. The van der Waals surface area contributed by atoms with Crippen molar-refractivity contribution in [2.75, 3.05) is 7.11 Å². The number of hydrogen-bond donors (Lipinski definition) is 2. The van der Waals surface area contributed by atoms with Gasteiger partial charge in [-0.3, -0.25) is 0 Å². The van der Waals surface area contributed by atoms with Crippen LogP contribution < -0.4 is 14.9 Å². The van der Waals surface area contributed by atoms with Crippen molar-refractivity contribution < 1.29 is 19.5 Å². The van der Waals surface area contributed by atoms with Gasteiger partial charge in [0.05, 0.1) is 12.1 Å². The van der Waals surface area contributed by atoms with E-state index in [4.69, 9.17) is 31.1 Å². The first-order valence-corrected chi connectivity index (χ1v) is 6.39. The van der Waals surface area contributed by atoms with Crippen molar-refractivity contribution in [3.8, 4) is 11.5 Å². The molecule has 0 amide bonds. The summed E-state index contributed by atoms with van der Waals surface area (Å²) in [7, 11) is 0.0624. The molecule has 0 fully saturated rings. The van der Waals surface area contributed by atoms with E-state index in [1.165, 1.54) is 12.1 Å². The zero-order valence-electron chi connectivity index (χ0n) is 10.9. The molecule has 0 atom stereocenters. The second-order valence-electron chi connectivity index (χ2n) is 4.20. The molecule has 2 rings (SSSR count). The number of methoxy groups -OCH3 is 1. The monoisotopic (exact) mass is 292 g/mol. The summed E-state index contributed by atoms with van der Waals surface area (Å²) in [5.41, 5.74) is 1.29. The summed E-state index contributed by atoms with van der Waals surface area (Å²) in [6.07, 6.45) is 0. The normalized spacial score (nSPS) is 10.2. The van der Waals surface area contributed by atoms with Crippen LogP contribution in [0.3, 0.4) is 0 Å². The highest BCUT2D eigenvalue weighted by Gasteiger charge is 2.13. The molecule has 0 unspecified atom stereocenters. The Balaban J connectivity index is 2.07. The Labute approximate surface area is 122 Å². The fraction of sp³-hybridized carbons (Fsp3) is 0.143. The van der Waals surface area contributed by atoms with Crippen molar-refractivity contribution in [3.63, 3.8) is 0 Å². The standard InChI is InChI=1S/C14H14BClO4/c1-19-12-5-2-10(3-6-12)9-20-14-8-11(15(17)18)4-7-13(14)16/h2-8,17-18H,9H2,1H3. The van der Waals surface area contributed by atoms with Crippen LogP contribution in [0.5, 0.6) is 11.5 Å². The first-order chi connectivity index (χ1) is 9.60. The third-order valence-electron chi connectivity index (χ3n) is 2.81. The van der Waals surface area contributed by atoms with Crippen molar-refractivity contribution in [2.45, 2.75) is 6.61 Å². The smallest absolute Gasteiger partial charge is 0.488 e. The van der Waals surface area contributed by atoms with E-state index in [1.54, 1.807) is 13.2 Å². The maximum Gasteiger partial charge on any atom is 0.488 e. The molecule has 0 aliphatic carbocycles. The SMILES string of the molecule is COc1ccc(COc2cc(B(O)O)ccc2Cl)cc1. The summed E-state index contributed by atoms with van der Waals surface area (Å²) >= 11 is 6.01. The Morgan fingerprint density at radius 1 is 1.10 bits per heavy atom. The quantitative estimate of drug-likeness (QED) is 0.822. The van der Waals surface area contributed by atoms with Gasteiger partial charge >= 0.3 is 7.12 Å². The largest absolute Gasteiger partial charge is 0.497 e. The van der Waals surface area contributed by atoms with Crippen LogP contribution in [0.4, 0.5) is 0 Å². The molecular weight excluding hydrogens is 278 g/mol. The molecule has 6 heteroatoms. The van der Waals surface area contributed by atoms with Crippen molar-refractivity contribution in [2.24, 2.45) is 0 Å². The van der Waals surface area contributed by atoms with Crippen LogP contribution in [0.2, 0.25) is 5.02 Å². The molecule has 2 N–H and O–H groups in total. The van der Waals surface area contributed by atoms with Gasteiger partial charge in [0.25, 0.3) is 0 Å². The Hall–Kier alpha value is -1.69. The molecule has 0 aromatic heterocycles. The van der Waals surface area contributed by atoms with E-state index >= 15 is 0 Å². The van der Waals surface area contributed by atoms with Gasteiger partial charge < -0.3 is 19.5 Å². The van der Waals surface area contributed by atoms with Gasteiger partial charge in [-0.15, -0.1) is 0 Å². The Bertz CT molecular complexity index is 572. The van der Waals surface area contributed by atoms with Crippen LogP contribution in [-0.4, -0.2) is 24.3 Å². The molecule has 0 radical (unpaired) electrons. The molecule has 104 valence electrons. The minimum Gasteiger partial charge on any atom is -0.497 e. The van der Waals surface area contributed by atoms with Gasteiger partial charge in [0, 0.05) is 0 Å². The summed E-state index contributed by atoms with van der Waals surface area (Å²) in [4.78, 5) is 0. The Kier molecular flexibility index (Phi) is 4.90. The van der Waals surface area contributed by atoms with Crippen LogP contribution >= 0.6 is 11.6 Å². The van der Waals surface area contributed by atoms with Crippen LogP contribution in [0.25, 0.3) is 0 Å². The lowest BCUT2D eigenvalue weighted by Crippen LogP contribution is -2.29. The fourth-order valence-corrected chi connectivity index (χ4v) is 1.85. The van der Waals surface area contributed by atoms with Gasteiger partial charge in [0.15, 0.2) is 0 Å². The summed E-state index contributed by atoms with van der Waals surface area (Å²) in [5, 5.41) is 18.7. The van der Waals surface area contributed by atoms with E-state index in [1.807, 2.05) is 24.3 Å². The molecule has 0 aliphatic heterocycles. The van der Waals surface area contributed by atoms with Crippen molar-refractivity contribution in [1.82, 2.24) is 0 Å². The Morgan fingerprint density at radius 3 is 2.40 bits per heavy atom. The number of rotatable bonds is 5. The van der Waals surface area contributed by atoms with Gasteiger partial charge in [0.1, 0.15) is 18.1 Å². The van der Waals surface area contributed by atoms with Gasteiger partial charge in [-0.05, 0) is 35.3 Å². The third-order valence-corrected chi connectivity index (χ3v) is 3.12. The van der Waals surface area contributed by atoms with Crippen molar-refractivity contribution in [1.29, 1.82) is 0 Å². The first-order valence-electron chi connectivity index (χ1n) is 6.01. The third kappa shape index (κ3) is 3.66. The minimum atomic E-state index is -1.55. The average Bonchev–Trinajstić information content (AvgIpc) is 2.46. The second-order valence-corrected chi connectivity index (χ2v) is 4.61. The lowest BCUT2D eigenvalue weighted by Gasteiger charge is -2.10. The van der Waals surface area contributed by atoms with Gasteiger partial charge in [-0.2, -0.15) is 0 Å². The first kappa shape index (κ1) is 14.7. The fourth-order valence-electron chi connectivity index (χ4n) is 1.67. The van der Waals surface area contributed by atoms with Crippen LogP contribution in [-0.2, 0) is 6.61 Å². The van der Waals surface area contributed by atoms with E-state index in [9.17, 15) is 0 Å². The molecule has 0 saturated carbocycles. The summed E-state index contributed by atoms with van der Waals surface area (Å²) in [6.45, 7) is 0.328. The Morgan fingerprint density at radius 2 is 1.80 bits per heavy atom. The van der Waals surface area contributed by atoms with E-state index in [-0.39, 0.29) is 0 Å². The molecule has 0 bridgehead atoms. The van der Waals surface area contributed by atoms with Gasteiger partial charge in [-0.25, -0.2) is 0 Å². The zero-order valence-corrected chi connectivity index (χ0v) is 11.7. The maximum atomic E-state index is 9.12. The molecular formula is C14H14BClO4. The van der Waals surface area contributed by atoms with Crippen molar-refractivity contribution >= 4 is 24.2 Å². The topological polar surface area (TPSA) is 58.9 Å². The number of halogens is 1. The molecule has 0 heterocycles. The predicted octanol–water partition coefficient (Wildman–Crippen LogP) is 1.61. The van der Waals surface area contributed by atoms with Gasteiger partial charge in [0.2, 0.25) is 0 Å². The molecule has 0 saturated heterocycles. The number of hydrogen-bond acceptors (Lipinski definition) is 4. The van der Waals surface area contributed by atoms with E-state index < -0.39 is 7.12 Å². The van der Waals surface area contributed by atoms with E-state index in [2.05, 4.69) is 0 Å². The lowest BCUT2D eigenvalue weighted by molar-refractivity contribution is 0.306.